The fourth-order valence-corrected chi connectivity index (χ4v) is 2.28. The van der Waals surface area contributed by atoms with Gasteiger partial charge in [0.25, 0.3) is 5.91 Å². The predicted octanol–water partition coefficient (Wildman–Crippen LogP) is 2.77. The number of rotatable bonds is 6. The first-order valence-electron chi connectivity index (χ1n) is 8.04. The van der Waals surface area contributed by atoms with Crippen LogP contribution >= 0.6 is 12.2 Å². The standard InChI is InChI=1S/C18H19F2N3O4S/c1-10(27-14-6-4-11(19)8-13(14)20)17(24)22-23-18(28)21-12-5-7-15(25-2)16(9-12)26-3/h4-10H,1-3H3,(H,22,24)(H2,21,23,28)/t10-/m1/s1. The van der Waals surface area contributed by atoms with Gasteiger partial charge >= 0.3 is 0 Å². The summed E-state index contributed by atoms with van der Waals surface area (Å²) in [5, 5.41) is 2.95. The molecule has 0 fully saturated rings. The summed E-state index contributed by atoms with van der Waals surface area (Å²) >= 11 is 5.10. The number of hydrogen-bond donors (Lipinski definition) is 3. The molecule has 0 heterocycles. The average Bonchev–Trinajstić information content (AvgIpc) is 2.68. The summed E-state index contributed by atoms with van der Waals surface area (Å²) in [5.74, 6) is -1.44. The monoisotopic (exact) mass is 411 g/mol. The van der Waals surface area contributed by atoms with Gasteiger partial charge in [0.05, 0.1) is 14.2 Å². The molecule has 0 radical (unpaired) electrons. The Hall–Kier alpha value is -3.14. The highest BCUT2D eigenvalue weighted by molar-refractivity contribution is 7.80. The second-order valence-electron chi connectivity index (χ2n) is 5.47. The smallest absolute Gasteiger partial charge is 0.279 e. The number of halogens is 2. The summed E-state index contributed by atoms with van der Waals surface area (Å²) < 4.78 is 42.0. The maximum atomic E-state index is 13.6. The molecule has 1 atom stereocenters. The number of thiocarbonyl (C=S) groups is 1. The zero-order valence-electron chi connectivity index (χ0n) is 15.3. The van der Waals surface area contributed by atoms with Crippen molar-refractivity contribution in [2.75, 3.05) is 19.5 Å². The van der Waals surface area contributed by atoms with Gasteiger partial charge < -0.3 is 19.5 Å². The molecule has 2 rings (SSSR count). The number of methoxy groups -OCH3 is 2. The number of nitrogens with one attached hydrogen (secondary N) is 3. The zero-order valence-corrected chi connectivity index (χ0v) is 16.2. The molecule has 2 aromatic carbocycles. The van der Waals surface area contributed by atoms with Crippen LogP contribution in [0.25, 0.3) is 0 Å². The van der Waals surface area contributed by atoms with Gasteiger partial charge in [0.2, 0.25) is 0 Å². The van der Waals surface area contributed by atoms with Crippen molar-refractivity contribution in [2.24, 2.45) is 0 Å². The maximum absolute atomic E-state index is 13.6. The fourth-order valence-electron chi connectivity index (χ4n) is 2.11. The van der Waals surface area contributed by atoms with Gasteiger partial charge in [0, 0.05) is 17.8 Å². The Morgan fingerprint density at radius 3 is 2.32 bits per heavy atom. The van der Waals surface area contributed by atoms with E-state index in [1.54, 1.807) is 18.2 Å². The Balaban J connectivity index is 1.87. The van der Waals surface area contributed by atoms with E-state index in [9.17, 15) is 13.6 Å². The number of ether oxygens (including phenoxy) is 3. The van der Waals surface area contributed by atoms with Gasteiger partial charge in [0.1, 0.15) is 5.82 Å². The van der Waals surface area contributed by atoms with Crippen molar-refractivity contribution in [3.05, 3.63) is 48.0 Å². The van der Waals surface area contributed by atoms with Gasteiger partial charge in [-0.25, -0.2) is 8.78 Å². The Bertz CT molecular complexity index is 867. The minimum atomic E-state index is -1.06. The molecule has 0 aliphatic rings. The van der Waals surface area contributed by atoms with E-state index in [0.29, 0.717) is 23.3 Å². The Morgan fingerprint density at radius 1 is 1.00 bits per heavy atom. The van der Waals surface area contributed by atoms with Crippen molar-refractivity contribution in [3.8, 4) is 17.2 Å². The molecule has 0 saturated carbocycles. The van der Waals surface area contributed by atoms with E-state index in [4.69, 9.17) is 26.4 Å². The van der Waals surface area contributed by atoms with Crippen molar-refractivity contribution in [3.63, 3.8) is 0 Å². The minimum absolute atomic E-state index is 0.0979. The van der Waals surface area contributed by atoms with E-state index in [0.717, 1.165) is 12.1 Å². The lowest BCUT2D eigenvalue weighted by Crippen LogP contribution is -2.48. The molecular weight excluding hydrogens is 392 g/mol. The highest BCUT2D eigenvalue weighted by Gasteiger charge is 2.17. The topological polar surface area (TPSA) is 80.9 Å². The lowest BCUT2D eigenvalue weighted by molar-refractivity contribution is -0.127. The Labute approximate surface area is 165 Å². The van der Waals surface area contributed by atoms with Crippen molar-refractivity contribution >= 4 is 28.9 Å². The largest absolute Gasteiger partial charge is 0.493 e. The summed E-state index contributed by atoms with van der Waals surface area (Å²) in [6.07, 6.45) is -1.06. The van der Waals surface area contributed by atoms with E-state index in [-0.39, 0.29) is 10.9 Å². The summed E-state index contributed by atoms with van der Waals surface area (Å²) in [5.41, 5.74) is 5.44. The summed E-state index contributed by atoms with van der Waals surface area (Å²) in [4.78, 5) is 12.0. The van der Waals surface area contributed by atoms with Crippen LogP contribution < -0.4 is 30.4 Å². The molecule has 7 nitrogen and oxygen atoms in total. The van der Waals surface area contributed by atoms with Crippen LogP contribution in [0.5, 0.6) is 17.2 Å². The number of amides is 1. The number of hydrazine groups is 1. The number of hydrogen-bond acceptors (Lipinski definition) is 5. The molecule has 28 heavy (non-hydrogen) atoms. The maximum Gasteiger partial charge on any atom is 0.279 e. The highest BCUT2D eigenvalue weighted by Crippen LogP contribution is 2.29. The van der Waals surface area contributed by atoms with Crippen LogP contribution in [0.1, 0.15) is 6.92 Å². The third-order valence-corrected chi connectivity index (χ3v) is 3.71. The number of carbonyl (C=O) groups is 1. The second kappa shape index (κ2) is 9.70. The molecule has 0 bridgehead atoms. The quantitative estimate of drug-likeness (QED) is 0.498. The van der Waals surface area contributed by atoms with E-state index in [2.05, 4.69) is 16.2 Å². The molecule has 0 unspecified atom stereocenters. The molecule has 10 heteroatoms. The predicted molar refractivity (Wildman–Crippen MR) is 103 cm³/mol. The number of benzene rings is 2. The molecule has 0 aromatic heterocycles. The summed E-state index contributed by atoms with van der Waals surface area (Å²) in [6, 6.07) is 7.86. The third kappa shape index (κ3) is 5.68. The normalized spacial score (nSPS) is 11.2. The molecule has 0 aliphatic carbocycles. The van der Waals surface area contributed by atoms with Gasteiger partial charge in [-0.15, -0.1) is 0 Å². The highest BCUT2D eigenvalue weighted by atomic mass is 32.1. The zero-order chi connectivity index (χ0) is 20.7. The molecule has 0 aliphatic heterocycles. The summed E-state index contributed by atoms with van der Waals surface area (Å²) in [7, 11) is 3.03. The van der Waals surface area contributed by atoms with Crippen LogP contribution in [-0.4, -0.2) is 31.3 Å². The van der Waals surface area contributed by atoms with Crippen LogP contribution in [0.4, 0.5) is 14.5 Å². The molecule has 150 valence electrons. The molecule has 0 spiro atoms. The van der Waals surface area contributed by atoms with E-state index < -0.39 is 23.6 Å². The van der Waals surface area contributed by atoms with Gasteiger partial charge in [-0.1, -0.05) is 0 Å². The van der Waals surface area contributed by atoms with Crippen LogP contribution in [0.2, 0.25) is 0 Å². The molecular formula is C18H19F2N3O4S. The van der Waals surface area contributed by atoms with Crippen LogP contribution in [0.3, 0.4) is 0 Å². The molecule has 1 amide bonds. The Morgan fingerprint density at radius 2 is 1.68 bits per heavy atom. The first-order valence-corrected chi connectivity index (χ1v) is 8.45. The molecule has 2 aromatic rings. The average molecular weight is 411 g/mol. The van der Waals surface area contributed by atoms with E-state index in [1.807, 2.05) is 0 Å². The van der Waals surface area contributed by atoms with Gasteiger partial charge in [-0.2, -0.15) is 0 Å². The molecule has 0 saturated heterocycles. The first kappa shape index (κ1) is 21.2. The van der Waals surface area contributed by atoms with E-state index in [1.165, 1.54) is 21.1 Å². The van der Waals surface area contributed by atoms with Crippen molar-refractivity contribution < 1.29 is 27.8 Å². The second-order valence-corrected chi connectivity index (χ2v) is 5.88. The summed E-state index contributed by atoms with van der Waals surface area (Å²) in [6.45, 7) is 1.41. The number of anilines is 1. The lowest BCUT2D eigenvalue weighted by atomic mass is 10.3. The van der Waals surface area contributed by atoms with Crippen LogP contribution in [0, 0.1) is 11.6 Å². The first-order chi connectivity index (χ1) is 13.3. The van der Waals surface area contributed by atoms with Crippen LogP contribution in [-0.2, 0) is 4.79 Å². The lowest BCUT2D eigenvalue weighted by Gasteiger charge is -2.17. The van der Waals surface area contributed by atoms with Crippen molar-refractivity contribution in [2.45, 2.75) is 13.0 Å². The van der Waals surface area contributed by atoms with Gasteiger partial charge in [-0.3, -0.25) is 15.6 Å². The third-order valence-electron chi connectivity index (χ3n) is 3.51. The van der Waals surface area contributed by atoms with Crippen molar-refractivity contribution in [1.82, 2.24) is 10.9 Å². The van der Waals surface area contributed by atoms with E-state index >= 15 is 0 Å². The van der Waals surface area contributed by atoms with Crippen molar-refractivity contribution in [1.29, 1.82) is 0 Å². The van der Waals surface area contributed by atoms with Crippen LogP contribution in [0.15, 0.2) is 36.4 Å². The number of carbonyl (C=O) groups excluding carboxylic acids is 1. The Kier molecular flexibility index (Phi) is 7.33. The SMILES string of the molecule is COc1ccc(NC(=S)NNC(=O)[C@@H](C)Oc2ccc(F)cc2F)cc1OC. The van der Waals surface area contributed by atoms with Gasteiger partial charge in [0.15, 0.2) is 34.3 Å². The van der Waals surface area contributed by atoms with Gasteiger partial charge in [-0.05, 0) is 43.4 Å². The molecule has 3 N–H and O–H groups in total. The fraction of sp³-hybridized carbons (Fsp3) is 0.222. The minimum Gasteiger partial charge on any atom is -0.493 e.